The summed E-state index contributed by atoms with van der Waals surface area (Å²) >= 11 is 15.6. The lowest BCUT2D eigenvalue weighted by molar-refractivity contribution is 0.284. The molecule has 6 heteroatoms. The van der Waals surface area contributed by atoms with Crippen molar-refractivity contribution in [2.24, 2.45) is 5.92 Å². The highest BCUT2D eigenvalue weighted by molar-refractivity contribution is 9.10. The Hall–Kier alpha value is -0.940. The van der Waals surface area contributed by atoms with Crippen LogP contribution in [0.2, 0.25) is 10.0 Å². The lowest BCUT2D eigenvalue weighted by Gasteiger charge is -2.15. The van der Waals surface area contributed by atoms with Crippen molar-refractivity contribution in [3.05, 3.63) is 56.0 Å². The lowest BCUT2D eigenvalue weighted by Crippen LogP contribution is -2.19. The summed E-state index contributed by atoms with van der Waals surface area (Å²) in [4.78, 5) is 0. The zero-order valence-electron chi connectivity index (χ0n) is 14.5. The van der Waals surface area contributed by atoms with Gasteiger partial charge < -0.3 is 14.8 Å². The fraction of sp³-hybridized carbons (Fsp3) is 0.368. The van der Waals surface area contributed by atoms with E-state index < -0.39 is 0 Å². The SMILES string of the molecule is COc1cc(CNCC(C)C)c(Br)cc1OCc1ccc(Cl)c(Cl)c1. The molecule has 0 aromatic heterocycles. The molecule has 2 aromatic carbocycles. The van der Waals surface area contributed by atoms with Crippen molar-refractivity contribution in [2.75, 3.05) is 13.7 Å². The first kappa shape index (κ1) is 20.4. The molecule has 0 saturated carbocycles. The van der Waals surface area contributed by atoms with Crippen LogP contribution in [0.5, 0.6) is 11.5 Å². The number of ether oxygens (including phenoxy) is 2. The van der Waals surface area contributed by atoms with E-state index in [9.17, 15) is 0 Å². The summed E-state index contributed by atoms with van der Waals surface area (Å²) in [6.07, 6.45) is 0. The maximum absolute atomic E-state index is 6.04. The molecule has 2 aromatic rings. The van der Waals surface area contributed by atoms with Crippen molar-refractivity contribution in [2.45, 2.75) is 27.0 Å². The van der Waals surface area contributed by atoms with E-state index in [1.54, 1.807) is 19.2 Å². The molecule has 0 saturated heterocycles. The topological polar surface area (TPSA) is 30.5 Å². The van der Waals surface area contributed by atoms with Crippen molar-refractivity contribution in [1.29, 1.82) is 0 Å². The van der Waals surface area contributed by atoms with E-state index in [2.05, 4.69) is 35.1 Å². The van der Waals surface area contributed by atoms with Crippen LogP contribution in [0.1, 0.15) is 25.0 Å². The smallest absolute Gasteiger partial charge is 0.162 e. The molecule has 0 aliphatic carbocycles. The van der Waals surface area contributed by atoms with Gasteiger partial charge in [-0.3, -0.25) is 0 Å². The Morgan fingerprint density at radius 2 is 1.84 bits per heavy atom. The Morgan fingerprint density at radius 3 is 2.48 bits per heavy atom. The number of rotatable bonds is 8. The second kappa shape index (κ2) is 9.67. The summed E-state index contributed by atoms with van der Waals surface area (Å²) in [7, 11) is 1.64. The van der Waals surface area contributed by atoms with E-state index in [4.69, 9.17) is 32.7 Å². The molecule has 0 fully saturated rings. The Kier molecular flexibility index (Phi) is 7.88. The number of halogens is 3. The molecule has 0 aliphatic heterocycles. The monoisotopic (exact) mass is 445 g/mol. The van der Waals surface area contributed by atoms with Gasteiger partial charge in [0.05, 0.1) is 17.2 Å². The quantitative estimate of drug-likeness (QED) is 0.532. The van der Waals surface area contributed by atoms with Gasteiger partial charge in [0, 0.05) is 11.0 Å². The molecule has 0 unspecified atom stereocenters. The van der Waals surface area contributed by atoms with Crippen LogP contribution in [0.15, 0.2) is 34.8 Å². The zero-order valence-corrected chi connectivity index (χ0v) is 17.6. The van der Waals surface area contributed by atoms with Crippen LogP contribution >= 0.6 is 39.1 Å². The van der Waals surface area contributed by atoms with Crippen molar-refractivity contribution < 1.29 is 9.47 Å². The molecule has 0 heterocycles. The standard InChI is InChI=1S/C19H22BrCl2NO2/c1-12(2)9-23-10-14-7-18(24-3)19(8-15(14)20)25-11-13-4-5-16(21)17(22)6-13/h4-8,12,23H,9-11H2,1-3H3. The molecule has 3 nitrogen and oxygen atoms in total. The summed E-state index contributed by atoms with van der Waals surface area (Å²) in [5.41, 5.74) is 2.06. The van der Waals surface area contributed by atoms with Gasteiger partial charge >= 0.3 is 0 Å². The molecule has 136 valence electrons. The van der Waals surface area contributed by atoms with Gasteiger partial charge in [-0.1, -0.05) is 59.0 Å². The normalized spacial score (nSPS) is 11.0. The minimum absolute atomic E-state index is 0.380. The van der Waals surface area contributed by atoms with Gasteiger partial charge in [-0.2, -0.15) is 0 Å². The third-order valence-electron chi connectivity index (χ3n) is 3.58. The predicted molar refractivity (Wildman–Crippen MR) is 108 cm³/mol. The van der Waals surface area contributed by atoms with Crippen LogP contribution in [0.4, 0.5) is 0 Å². The summed E-state index contributed by atoms with van der Waals surface area (Å²) in [6.45, 7) is 6.47. The fourth-order valence-corrected chi connectivity index (χ4v) is 3.05. The molecule has 0 radical (unpaired) electrons. The first-order chi connectivity index (χ1) is 11.9. The Labute approximate surface area is 167 Å². The zero-order chi connectivity index (χ0) is 18.4. The van der Waals surface area contributed by atoms with Crippen molar-refractivity contribution >= 4 is 39.1 Å². The number of methoxy groups -OCH3 is 1. The van der Waals surface area contributed by atoms with Gasteiger partial charge in [0.15, 0.2) is 11.5 Å². The third-order valence-corrected chi connectivity index (χ3v) is 5.06. The highest BCUT2D eigenvalue weighted by atomic mass is 79.9. The maximum atomic E-state index is 6.04. The maximum Gasteiger partial charge on any atom is 0.162 e. The summed E-state index contributed by atoms with van der Waals surface area (Å²) in [5, 5.41) is 4.48. The minimum atomic E-state index is 0.380. The molecule has 0 bridgehead atoms. The molecule has 1 N–H and O–H groups in total. The van der Waals surface area contributed by atoms with Crippen LogP contribution in [0, 0.1) is 5.92 Å². The van der Waals surface area contributed by atoms with E-state index in [0.717, 1.165) is 28.7 Å². The van der Waals surface area contributed by atoms with Crippen LogP contribution in [-0.4, -0.2) is 13.7 Å². The average molecular weight is 447 g/mol. The fourth-order valence-electron chi connectivity index (χ4n) is 2.27. The van der Waals surface area contributed by atoms with Crippen LogP contribution in [0.3, 0.4) is 0 Å². The first-order valence-electron chi connectivity index (χ1n) is 8.04. The van der Waals surface area contributed by atoms with E-state index in [1.165, 1.54) is 0 Å². The average Bonchev–Trinajstić information content (AvgIpc) is 2.57. The van der Waals surface area contributed by atoms with E-state index in [1.807, 2.05) is 18.2 Å². The molecular weight excluding hydrogens is 425 g/mol. The Balaban J connectivity index is 2.09. The van der Waals surface area contributed by atoms with Gasteiger partial charge in [-0.15, -0.1) is 0 Å². The predicted octanol–water partition coefficient (Wildman–Crippen LogP) is 6.09. The van der Waals surface area contributed by atoms with E-state index in [0.29, 0.717) is 34.1 Å². The molecule has 2 rings (SSSR count). The first-order valence-corrected chi connectivity index (χ1v) is 9.59. The number of nitrogens with one attached hydrogen (secondary N) is 1. The van der Waals surface area contributed by atoms with Crippen LogP contribution in [0.25, 0.3) is 0 Å². The third kappa shape index (κ3) is 6.07. The van der Waals surface area contributed by atoms with E-state index in [-0.39, 0.29) is 0 Å². The molecular formula is C19H22BrCl2NO2. The number of benzene rings is 2. The number of hydrogen-bond donors (Lipinski definition) is 1. The van der Waals surface area contributed by atoms with Crippen molar-refractivity contribution in [3.63, 3.8) is 0 Å². The van der Waals surface area contributed by atoms with Gasteiger partial charge in [0.2, 0.25) is 0 Å². The highest BCUT2D eigenvalue weighted by Crippen LogP contribution is 2.34. The largest absolute Gasteiger partial charge is 0.493 e. The van der Waals surface area contributed by atoms with Gasteiger partial charge in [0.1, 0.15) is 6.61 Å². The van der Waals surface area contributed by atoms with E-state index >= 15 is 0 Å². The second-order valence-electron chi connectivity index (χ2n) is 6.16. The van der Waals surface area contributed by atoms with Gasteiger partial charge in [-0.05, 0) is 47.9 Å². The van der Waals surface area contributed by atoms with Gasteiger partial charge in [-0.25, -0.2) is 0 Å². The number of hydrogen-bond acceptors (Lipinski definition) is 3. The Morgan fingerprint density at radius 1 is 1.08 bits per heavy atom. The Bertz CT molecular complexity index is 723. The summed E-state index contributed by atoms with van der Waals surface area (Å²) in [6, 6.07) is 9.37. The molecule has 0 amide bonds. The molecule has 0 atom stereocenters. The minimum Gasteiger partial charge on any atom is -0.493 e. The molecule has 0 spiro atoms. The molecule has 0 aliphatic rings. The van der Waals surface area contributed by atoms with Gasteiger partial charge in [0.25, 0.3) is 0 Å². The van der Waals surface area contributed by atoms with Crippen molar-refractivity contribution in [3.8, 4) is 11.5 Å². The second-order valence-corrected chi connectivity index (χ2v) is 7.83. The molecule has 25 heavy (non-hydrogen) atoms. The van der Waals surface area contributed by atoms with Crippen LogP contribution < -0.4 is 14.8 Å². The summed E-state index contributed by atoms with van der Waals surface area (Å²) < 4.78 is 12.4. The summed E-state index contributed by atoms with van der Waals surface area (Å²) in [5.74, 6) is 1.98. The highest BCUT2D eigenvalue weighted by Gasteiger charge is 2.11. The lowest BCUT2D eigenvalue weighted by atomic mass is 10.1. The van der Waals surface area contributed by atoms with Crippen molar-refractivity contribution in [1.82, 2.24) is 5.32 Å². The van der Waals surface area contributed by atoms with Crippen LogP contribution in [-0.2, 0) is 13.2 Å².